The smallest absolute Gasteiger partial charge is 0.0985 e. The summed E-state index contributed by atoms with van der Waals surface area (Å²) in [5.74, 6) is 0.118. The van der Waals surface area contributed by atoms with Gasteiger partial charge in [-0.25, -0.2) is 4.39 Å². The van der Waals surface area contributed by atoms with E-state index in [0.29, 0.717) is 0 Å². The first-order valence-electron chi connectivity index (χ1n) is 3.04. The molecule has 1 atom stereocenters. The summed E-state index contributed by atoms with van der Waals surface area (Å²) < 4.78 is 12.4. The SMILES string of the molecule is C/C=C(\F)[C@H](C)CC. The van der Waals surface area contributed by atoms with E-state index in [1.807, 2.05) is 13.8 Å². The molecule has 0 aromatic heterocycles. The first-order chi connectivity index (χ1) is 3.72. The van der Waals surface area contributed by atoms with Crippen LogP contribution in [0.3, 0.4) is 0 Å². The molecule has 0 aromatic carbocycles. The van der Waals surface area contributed by atoms with Gasteiger partial charge >= 0.3 is 0 Å². The summed E-state index contributed by atoms with van der Waals surface area (Å²) in [6.45, 7) is 5.59. The first-order valence-corrected chi connectivity index (χ1v) is 3.04. The van der Waals surface area contributed by atoms with E-state index in [2.05, 4.69) is 0 Å². The van der Waals surface area contributed by atoms with E-state index in [1.54, 1.807) is 6.92 Å². The van der Waals surface area contributed by atoms with Crippen LogP contribution in [0.1, 0.15) is 27.2 Å². The zero-order valence-corrected chi connectivity index (χ0v) is 5.74. The van der Waals surface area contributed by atoms with Gasteiger partial charge in [-0.15, -0.1) is 0 Å². The van der Waals surface area contributed by atoms with E-state index >= 15 is 0 Å². The van der Waals surface area contributed by atoms with Gasteiger partial charge in [0.1, 0.15) is 0 Å². The Morgan fingerprint density at radius 3 is 2.38 bits per heavy atom. The first kappa shape index (κ1) is 7.67. The predicted molar refractivity (Wildman–Crippen MR) is 34.3 cm³/mol. The fourth-order valence-electron chi connectivity index (χ4n) is 0.480. The molecule has 1 heteroatoms. The van der Waals surface area contributed by atoms with Crippen molar-refractivity contribution >= 4 is 0 Å². The number of hydrogen-bond acceptors (Lipinski definition) is 0. The van der Waals surface area contributed by atoms with E-state index in [4.69, 9.17) is 0 Å². The van der Waals surface area contributed by atoms with Gasteiger partial charge in [-0.3, -0.25) is 0 Å². The van der Waals surface area contributed by atoms with Crippen molar-refractivity contribution in [2.75, 3.05) is 0 Å². The third-order valence-corrected chi connectivity index (χ3v) is 1.36. The Bertz CT molecular complexity index is 84.4. The van der Waals surface area contributed by atoms with Gasteiger partial charge in [-0.1, -0.05) is 19.9 Å². The Kier molecular flexibility index (Phi) is 3.49. The lowest BCUT2D eigenvalue weighted by Gasteiger charge is -2.01. The molecule has 0 unspecified atom stereocenters. The van der Waals surface area contributed by atoms with E-state index in [9.17, 15) is 4.39 Å². The second-order valence-corrected chi connectivity index (χ2v) is 1.98. The van der Waals surface area contributed by atoms with Crippen LogP contribution in [0.25, 0.3) is 0 Å². The third-order valence-electron chi connectivity index (χ3n) is 1.36. The Balaban J connectivity index is 3.63. The van der Waals surface area contributed by atoms with Crippen LogP contribution >= 0.6 is 0 Å². The average Bonchev–Trinajstić information content (AvgIpc) is 1.84. The lowest BCUT2D eigenvalue weighted by Crippen LogP contribution is -1.90. The minimum atomic E-state index is 0.00694. The Morgan fingerprint density at radius 2 is 2.25 bits per heavy atom. The highest BCUT2D eigenvalue weighted by atomic mass is 19.1. The van der Waals surface area contributed by atoms with Crippen LogP contribution in [0, 0.1) is 5.92 Å². The van der Waals surface area contributed by atoms with E-state index < -0.39 is 0 Å². The molecule has 0 saturated carbocycles. The Labute approximate surface area is 50.4 Å². The molecule has 0 radical (unpaired) electrons. The van der Waals surface area contributed by atoms with Crippen molar-refractivity contribution in [3.05, 3.63) is 11.9 Å². The molecule has 0 aliphatic carbocycles. The topological polar surface area (TPSA) is 0 Å². The maximum atomic E-state index is 12.4. The van der Waals surface area contributed by atoms with Crippen molar-refractivity contribution in [2.45, 2.75) is 27.2 Å². The third kappa shape index (κ3) is 2.10. The maximum Gasteiger partial charge on any atom is 0.0985 e. The molecule has 0 nitrogen and oxygen atoms in total. The van der Waals surface area contributed by atoms with Gasteiger partial charge in [0.15, 0.2) is 0 Å². The average molecular weight is 116 g/mol. The maximum absolute atomic E-state index is 12.4. The van der Waals surface area contributed by atoms with Gasteiger partial charge in [-0.2, -0.15) is 0 Å². The fraction of sp³-hybridized carbons (Fsp3) is 0.714. The van der Waals surface area contributed by atoms with Crippen LogP contribution in [0.4, 0.5) is 4.39 Å². The van der Waals surface area contributed by atoms with Gasteiger partial charge < -0.3 is 0 Å². The molecular formula is C7H13F. The summed E-state index contributed by atoms with van der Waals surface area (Å²) >= 11 is 0. The van der Waals surface area contributed by atoms with Gasteiger partial charge in [0, 0.05) is 5.92 Å². The molecule has 0 heterocycles. The van der Waals surface area contributed by atoms with Crippen LogP contribution in [0.15, 0.2) is 11.9 Å². The van der Waals surface area contributed by atoms with Gasteiger partial charge in [0.2, 0.25) is 0 Å². The van der Waals surface area contributed by atoms with Crippen molar-refractivity contribution in [1.82, 2.24) is 0 Å². The molecule has 0 amide bonds. The standard InChI is InChI=1S/C7H13F/c1-4-6(3)7(8)5-2/h5-6H,4H2,1-3H3/b7-5-/t6-/m1/s1. The van der Waals surface area contributed by atoms with Crippen molar-refractivity contribution in [1.29, 1.82) is 0 Å². The van der Waals surface area contributed by atoms with Crippen LogP contribution in [0.2, 0.25) is 0 Å². The highest BCUT2D eigenvalue weighted by Crippen LogP contribution is 2.13. The van der Waals surface area contributed by atoms with Gasteiger partial charge in [0.05, 0.1) is 5.83 Å². The summed E-state index contributed by atoms with van der Waals surface area (Å²) in [6, 6.07) is 0. The predicted octanol–water partition coefficient (Wildman–Crippen LogP) is 2.91. The molecule has 0 fully saturated rings. The fourth-order valence-corrected chi connectivity index (χ4v) is 0.480. The molecule has 0 aliphatic heterocycles. The summed E-state index contributed by atoms with van der Waals surface area (Å²) in [7, 11) is 0. The monoisotopic (exact) mass is 116 g/mol. The molecule has 0 aromatic rings. The largest absolute Gasteiger partial charge is 0.212 e. The lowest BCUT2D eigenvalue weighted by molar-refractivity contribution is 0.481. The van der Waals surface area contributed by atoms with Gasteiger partial charge in [-0.05, 0) is 13.3 Å². The molecule has 0 aliphatic rings. The summed E-state index contributed by atoms with van der Waals surface area (Å²) in [4.78, 5) is 0. The zero-order chi connectivity index (χ0) is 6.57. The highest BCUT2D eigenvalue weighted by molar-refractivity contribution is 4.92. The van der Waals surface area contributed by atoms with Crippen LogP contribution in [-0.2, 0) is 0 Å². The Hall–Kier alpha value is -0.330. The lowest BCUT2D eigenvalue weighted by atomic mass is 10.1. The minimum Gasteiger partial charge on any atom is -0.212 e. The number of hydrogen-bond donors (Lipinski definition) is 0. The molecule has 0 N–H and O–H groups in total. The highest BCUT2D eigenvalue weighted by Gasteiger charge is 2.01. The van der Waals surface area contributed by atoms with Crippen molar-refractivity contribution in [2.24, 2.45) is 5.92 Å². The molecule has 48 valence electrons. The quantitative estimate of drug-likeness (QED) is 0.520. The van der Waals surface area contributed by atoms with E-state index in [1.165, 1.54) is 6.08 Å². The van der Waals surface area contributed by atoms with E-state index in [0.717, 1.165) is 6.42 Å². The number of halogens is 1. The zero-order valence-electron chi connectivity index (χ0n) is 5.74. The number of rotatable bonds is 2. The van der Waals surface area contributed by atoms with Crippen LogP contribution < -0.4 is 0 Å². The molecule has 8 heavy (non-hydrogen) atoms. The number of allylic oxidation sites excluding steroid dienone is 2. The second kappa shape index (κ2) is 3.65. The molecule has 0 spiro atoms. The van der Waals surface area contributed by atoms with Crippen LogP contribution in [0.5, 0.6) is 0 Å². The molecular weight excluding hydrogens is 103 g/mol. The summed E-state index contributed by atoms with van der Waals surface area (Å²) in [6.07, 6.45) is 2.41. The van der Waals surface area contributed by atoms with E-state index in [-0.39, 0.29) is 11.7 Å². The molecule has 0 rings (SSSR count). The summed E-state index contributed by atoms with van der Waals surface area (Å²) in [5, 5.41) is 0. The van der Waals surface area contributed by atoms with Crippen molar-refractivity contribution in [3.63, 3.8) is 0 Å². The Morgan fingerprint density at radius 1 is 1.75 bits per heavy atom. The second-order valence-electron chi connectivity index (χ2n) is 1.98. The molecule has 0 saturated heterocycles. The minimum absolute atomic E-state index is 0.00694. The normalized spacial score (nSPS) is 16.2. The van der Waals surface area contributed by atoms with Crippen LogP contribution in [-0.4, -0.2) is 0 Å². The summed E-state index contributed by atoms with van der Waals surface area (Å²) in [5.41, 5.74) is 0. The van der Waals surface area contributed by atoms with Crippen molar-refractivity contribution in [3.8, 4) is 0 Å². The molecule has 0 bridgehead atoms. The van der Waals surface area contributed by atoms with Crippen molar-refractivity contribution < 1.29 is 4.39 Å². The van der Waals surface area contributed by atoms with Gasteiger partial charge in [0.25, 0.3) is 0 Å².